The van der Waals surface area contributed by atoms with Gasteiger partial charge in [-0.15, -0.1) is 0 Å². The molecule has 7 heteroatoms. The van der Waals surface area contributed by atoms with Crippen molar-refractivity contribution in [1.29, 1.82) is 0 Å². The number of carbonyl (C=O) groups is 1. The third-order valence-electron chi connectivity index (χ3n) is 5.53. The molecule has 31 heavy (non-hydrogen) atoms. The van der Waals surface area contributed by atoms with Gasteiger partial charge in [-0.25, -0.2) is 4.79 Å². The van der Waals surface area contributed by atoms with Gasteiger partial charge in [0.25, 0.3) is 0 Å². The lowest BCUT2D eigenvalue weighted by Crippen LogP contribution is -2.26. The van der Waals surface area contributed by atoms with Crippen LogP contribution in [-0.4, -0.2) is 33.3 Å². The van der Waals surface area contributed by atoms with Gasteiger partial charge in [0.1, 0.15) is 0 Å². The Kier molecular flexibility index (Phi) is 6.23. The average molecular weight is 421 g/mol. The highest BCUT2D eigenvalue weighted by molar-refractivity contribution is 5.94. The Bertz CT molecular complexity index is 1270. The molecule has 0 saturated carbocycles. The fraction of sp³-hybridized carbons (Fsp3) is 0.333. The molecule has 2 aromatic heterocycles. The van der Waals surface area contributed by atoms with Gasteiger partial charge < -0.3 is 14.6 Å². The number of nitrogens with zero attached hydrogens (tertiary/aromatic N) is 3. The number of amides is 1. The number of benzene rings is 2. The van der Waals surface area contributed by atoms with Crippen LogP contribution >= 0.6 is 0 Å². The lowest BCUT2D eigenvalue weighted by Gasteiger charge is -2.08. The Hall–Kier alpha value is -3.32. The van der Waals surface area contributed by atoms with Gasteiger partial charge in [0, 0.05) is 56.0 Å². The molecule has 2 heterocycles. The van der Waals surface area contributed by atoms with Crippen LogP contribution in [-0.2, 0) is 29.2 Å². The summed E-state index contributed by atoms with van der Waals surface area (Å²) in [6.07, 6.45) is 3.13. The number of aryl methyl sites for hydroxylation is 2. The minimum atomic E-state index is -0.114. The van der Waals surface area contributed by atoms with Gasteiger partial charge in [-0.1, -0.05) is 19.1 Å². The van der Waals surface area contributed by atoms with Crippen molar-refractivity contribution in [2.75, 3.05) is 19.0 Å². The van der Waals surface area contributed by atoms with E-state index in [2.05, 4.69) is 16.8 Å². The van der Waals surface area contributed by atoms with Crippen molar-refractivity contribution in [3.63, 3.8) is 0 Å². The quantitative estimate of drug-likeness (QED) is 0.447. The molecule has 7 nitrogen and oxygen atoms in total. The molecule has 162 valence electrons. The van der Waals surface area contributed by atoms with Gasteiger partial charge in [0.05, 0.1) is 17.6 Å². The van der Waals surface area contributed by atoms with Gasteiger partial charge in [-0.3, -0.25) is 13.9 Å². The molecule has 1 N–H and O–H groups in total. The number of fused-ring (bicyclic) bond motifs is 2. The fourth-order valence-corrected chi connectivity index (χ4v) is 4.03. The highest BCUT2D eigenvalue weighted by atomic mass is 16.5. The molecule has 0 aliphatic carbocycles. The second-order valence-corrected chi connectivity index (χ2v) is 7.65. The SMILES string of the molecule is CCCn1c(=O)n(CCC(=O)Nc2ccc3c(ccn3CCOC)c2)c2ccccc21. The number of hydrogen-bond acceptors (Lipinski definition) is 3. The summed E-state index contributed by atoms with van der Waals surface area (Å²) >= 11 is 0. The van der Waals surface area contributed by atoms with E-state index >= 15 is 0 Å². The molecule has 4 aromatic rings. The minimum Gasteiger partial charge on any atom is -0.383 e. The van der Waals surface area contributed by atoms with E-state index in [0.717, 1.165) is 40.6 Å². The number of methoxy groups -OCH3 is 1. The molecule has 1 amide bonds. The van der Waals surface area contributed by atoms with E-state index in [4.69, 9.17) is 4.74 Å². The third-order valence-corrected chi connectivity index (χ3v) is 5.53. The van der Waals surface area contributed by atoms with Gasteiger partial charge in [0.15, 0.2) is 0 Å². The molecule has 0 radical (unpaired) electrons. The first-order valence-corrected chi connectivity index (χ1v) is 10.7. The van der Waals surface area contributed by atoms with Crippen LogP contribution < -0.4 is 11.0 Å². The summed E-state index contributed by atoms with van der Waals surface area (Å²) in [4.78, 5) is 25.4. The van der Waals surface area contributed by atoms with E-state index < -0.39 is 0 Å². The first-order valence-electron chi connectivity index (χ1n) is 10.7. The van der Waals surface area contributed by atoms with Gasteiger partial charge in [-0.05, 0) is 42.8 Å². The number of para-hydroxylation sites is 2. The van der Waals surface area contributed by atoms with E-state index in [0.29, 0.717) is 19.7 Å². The van der Waals surface area contributed by atoms with Crippen LogP contribution in [0.15, 0.2) is 59.5 Å². The van der Waals surface area contributed by atoms with E-state index in [9.17, 15) is 9.59 Å². The van der Waals surface area contributed by atoms with Crippen molar-refractivity contribution in [2.45, 2.75) is 39.4 Å². The van der Waals surface area contributed by atoms with Crippen LogP contribution in [0.2, 0.25) is 0 Å². The van der Waals surface area contributed by atoms with Crippen molar-refractivity contribution in [1.82, 2.24) is 13.7 Å². The zero-order valence-corrected chi connectivity index (χ0v) is 18.0. The molecule has 2 aromatic carbocycles. The molecule has 0 unspecified atom stereocenters. The van der Waals surface area contributed by atoms with E-state index in [1.807, 2.05) is 54.7 Å². The Morgan fingerprint density at radius 2 is 1.71 bits per heavy atom. The third kappa shape index (κ3) is 4.27. The van der Waals surface area contributed by atoms with Crippen molar-refractivity contribution >= 4 is 33.5 Å². The lowest BCUT2D eigenvalue weighted by molar-refractivity contribution is -0.116. The first kappa shape index (κ1) is 20.9. The van der Waals surface area contributed by atoms with Gasteiger partial charge in [0.2, 0.25) is 5.91 Å². The minimum absolute atomic E-state index is 0.0605. The van der Waals surface area contributed by atoms with Crippen molar-refractivity contribution in [3.05, 3.63) is 65.2 Å². The summed E-state index contributed by atoms with van der Waals surface area (Å²) in [5.74, 6) is -0.114. The van der Waals surface area contributed by atoms with Crippen LogP contribution in [0.25, 0.3) is 21.9 Å². The number of aromatic nitrogens is 3. The Morgan fingerprint density at radius 1 is 0.968 bits per heavy atom. The Morgan fingerprint density at radius 3 is 2.42 bits per heavy atom. The highest BCUT2D eigenvalue weighted by Gasteiger charge is 2.13. The molecule has 0 atom stereocenters. The van der Waals surface area contributed by atoms with Crippen LogP contribution in [0.3, 0.4) is 0 Å². The molecule has 0 aliphatic heterocycles. The molecule has 0 saturated heterocycles. The lowest BCUT2D eigenvalue weighted by atomic mass is 10.2. The maximum atomic E-state index is 12.9. The normalized spacial score (nSPS) is 11.4. The number of imidazole rings is 1. The maximum Gasteiger partial charge on any atom is 0.329 e. The first-order chi connectivity index (χ1) is 15.1. The largest absolute Gasteiger partial charge is 0.383 e. The number of anilines is 1. The van der Waals surface area contributed by atoms with Crippen LogP contribution in [0.1, 0.15) is 19.8 Å². The summed E-state index contributed by atoms with van der Waals surface area (Å²) in [6, 6.07) is 15.6. The van der Waals surface area contributed by atoms with Gasteiger partial charge in [-0.2, -0.15) is 0 Å². The molecule has 0 bridgehead atoms. The summed E-state index contributed by atoms with van der Waals surface area (Å²) in [5.41, 5.74) is 3.58. The predicted octanol–water partition coefficient (Wildman–Crippen LogP) is 3.84. The molecular weight excluding hydrogens is 392 g/mol. The summed E-state index contributed by atoms with van der Waals surface area (Å²) in [7, 11) is 1.69. The Labute approximate surface area is 180 Å². The summed E-state index contributed by atoms with van der Waals surface area (Å²) in [6.45, 7) is 4.50. The number of hydrogen-bond donors (Lipinski definition) is 1. The summed E-state index contributed by atoms with van der Waals surface area (Å²) < 4.78 is 10.8. The predicted molar refractivity (Wildman–Crippen MR) is 124 cm³/mol. The second-order valence-electron chi connectivity index (χ2n) is 7.65. The zero-order chi connectivity index (χ0) is 21.8. The molecule has 0 fully saturated rings. The van der Waals surface area contributed by atoms with Crippen molar-refractivity contribution in [3.8, 4) is 0 Å². The second kappa shape index (κ2) is 9.22. The number of carbonyl (C=O) groups excluding carboxylic acids is 1. The fourth-order valence-electron chi connectivity index (χ4n) is 4.03. The van der Waals surface area contributed by atoms with Crippen LogP contribution in [0.5, 0.6) is 0 Å². The molecule has 0 aliphatic rings. The molecule has 4 rings (SSSR count). The van der Waals surface area contributed by atoms with Crippen LogP contribution in [0, 0.1) is 0 Å². The van der Waals surface area contributed by atoms with E-state index in [1.165, 1.54) is 0 Å². The number of rotatable bonds is 9. The van der Waals surface area contributed by atoms with Crippen molar-refractivity contribution < 1.29 is 9.53 Å². The average Bonchev–Trinajstić information content (AvgIpc) is 3.29. The van der Waals surface area contributed by atoms with E-state index in [1.54, 1.807) is 16.2 Å². The number of ether oxygens (including phenoxy) is 1. The number of nitrogens with one attached hydrogen (secondary N) is 1. The standard InChI is InChI=1S/C24H28N4O3/c1-3-12-27-21-6-4-5-7-22(21)28(24(27)30)14-11-23(29)25-19-8-9-20-18(17-19)10-13-26(20)15-16-31-2/h4-10,13,17H,3,11-12,14-16H2,1-2H3,(H,25,29). The van der Waals surface area contributed by atoms with Crippen LogP contribution in [0.4, 0.5) is 5.69 Å². The maximum absolute atomic E-state index is 12.9. The topological polar surface area (TPSA) is 70.2 Å². The highest BCUT2D eigenvalue weighted by Crippen LogP contribution is 2.21. The molecule has 0 spiro atoms. The Balaban J connectivity index is 1.46. The zero-order valence-electron chi connectivity index (χ0n) is 18.0. The van der Waals surface area contributed by atoms with Crippen molar-refractivity contribution in [2.24, 2.45) is 0 Å². The molecular formula is C24H28N4O3. The summed E-state index contributed by atoms with van der Waals surface area (Å²) in [5, 5.41) is 4.02. The smallest absolute Gasteiger partial charge is 0.329 e. The van der Waals surface area contributed by atoms with E-state index in [-0.39, 0.29) is 18.0 Å². The van der Waals surface area contributed by atoms with Gasteiger partial charge >= 0.3 is 5.69 Å². The monoisotopic (exact) mass is 420 g/mol.